The molecule has 1 aromatic heterocycles. The van der Waals surface area contributed by atoms with Gasteiger partial charge in [-0.15, -0.1) is 11.3 Å². The minimum absolute atomic E-state index is 0.638. The summed E-state index contributed by atoms with van der Waals surface area (Å²) in [6, 6.07) is 5.79. The zero-order valence-corrected chi connectivity index (χ0v) is 13.1. The minimum Gasteiger partial charge on any atom is -0.490 e. The van der Waals surface area contributed by atoms with Gasteiger partial charge in [-0.05, 0) is 24.3 Å². The molecule has 2 heterocycles. The number of thiazole rings is 1. The molecule has 0 saturated carbocycles. The van der Waals surface area contributed by atoms with Crippen molar-refractivity contribution in [2.24, 2.45) is 0 Å². The van der Waals surface area contributed by atoms with Crippen LogP contribution in [0, 0.1) is 0 Å². The first-order chi connectivity index (χ1) is 11.2. The topological polar surface area (TPSA) is 68.7 Å². The number of nitrogens with zero attached hydrogens (tertiary/aromatic N) is 1. The van der Waals surface area contributed by atoms with E-state index < -0.39 is 5.97 Å². The van der Waals surface area contributed by atoms with Gasteiger partial charge in [0.25, 0.3) is 0 Å². The maximum Gasteiger partial charge on any atom is 0.328 e. The second-order valence-electron chi connectivity index (χ2n) is 4.83. The molecule has 6 heteroatoms. The van der Waals surface area contributed by atoms with Crippen LogP contribution < -0.4 is 9.47 Å². The Balaban J connectivity index is 1.79. The Kier molecular flexibility index (Phi) is 4.73. The first kappa shape index (κ1) is 15.3. The van der Waals surface area contributed by atoms with Gasteiger partial charge in [0.15, 0.2) is 11.5 Å². The van der Waals surface area contributed by atoms with Gasteiger partial charge in [0.1, 0.15) is 5.01 Å². The summed E-state index contributed by atoms with van der Waals surface area (Å²) in [7, 11) is 0. The van der Waals surface area contributed by atoms with Crippen molar-refractivity contribution >= 4 is 35.5 Å². The molecule has 0 amide bonds. The van der Waals surface area contributed by atoms with Gasteiger partial charge in [0.2, 0.25) is 0 Å². The molecular formula is C17H15NO4S. The Morgan fingerprint density at radius 2 is 2.09 bits per heavy atom. The smallest absolute Gasteiger partial charge is 0.328 e. The number of hydrogen-bond acceptors (Lipinski definition) is 5. The first-order valence-corrected chi connectivity index (χ1v) is 7.97. The molecule has 1 aliphatic rings. The predicted octanol–water partition coefficient (Wildman–Crippen LogP) is 3.57. The molecule has 1 aromatic carbocycles. The molecule has 2 aromatic rings. The molecule has 1 aliphatic heterocycles. The van der Waals surface area contributed by atoms with Crippen LogP contribution in [0.5, 0.6) is 11.5 Å². The SMILES string of the molecule is O=C(O)C=Cc1cnc(C=Cc2cccc3c2OCCCO3)s1. The highest BCUT2D eigenvalue weighted by atomic mass is 32.1. The Bertz CT molecular complexity index is 764. The van der Waals surface area contributed by atoms with Gasteiger partial charge in [-0.1, -0.05) is 12.1 Å². The van der Waals surface area contributed by atoms with Gasteiger partial charge in [0, 0.05) is 29.1 Å². The molecule has 0 spiro atoms. The number of aliphatic carboxylic acids is 1. The van der Waals surface area contributed by atoms with E-state index in [0.717, 1.165) is 39.4 Å². The summed E-state index contributed by atoms with van der Waals surface area (Å²) >= 11 is 1.42. The van der Waals surface area contributed by atoms with Crippen molar-refractivity contribution in [2.75, 3.05) is 13.2 Å². The number of carboxylic acid groups (broad SMARTS) is 1. The van der Waals surface area contributed by atoms with Crippen LogP contribution in [0.4, 0.5) is 0 Å². The highest BCUT2D eigenvalue weighted by Gasteiger charge is 2.12. The molecule has 0 unspecified atom stereocenters. The fraction of sp³-hybridized carbons (Fsp3) is 0.176. The van der Waals surface area contributed by atoms with Crippen molar-refractivity contribution < 1.29 is 19.4 Å². The van der Waals surface area contributed by atoms with Crippen LogP contribution in [-0.4, -0.2) is 29.3 Å². The van der Waals surface area contributed by atoms with E-state index >= 15 is 0 Å². The standard InChI is InChI=1S/C17H15NO4S/c19-16(20)8-6-13-11-18-15(23-13)7-5-12-3-1-4-14-17(12)22-10-2-9-21-14/h1,3-8,11H,2,9-10H2,(H,19,20). The average molecular weight is 329 g/mol. The quantitative estimate of drug-likeness (QED) is 0.869. The van der Waals surface area contributed by atoms with Gasteiger partial charge in [-0.2, -0.15) is 0 Å². The number of benzene rings is 1. The van der Waals surface area contributed by atoms with Crippen LogP contribution in [0.1, 0.15) is 21.9 Å². The van der Waals surface area contributed by atoms with Crippen LogP contribution in [0.15, 0.2) is 30.5 Å². The number of para-hydroxylation sites is 1. The maximum absolute atomic E-state index is 10.5. The van der Waals surface area contributed by atoms with Crippen molar-refractivity contribution in [1.29, 1.82) is 0 Å². The molecule has 0 saturated heterocycles. The summed E-state index contributed by atoms with van der Waals surface area (Å²) in [6.45, 7) is 1.30. The predicted molar refractivity (Wildman–Crippen MR) is 89.8 cm³/mol. The van der Waals surface area contributed by atoms with Crippen LogP contribution in [0.25, 0.3) is 18.2 Å². The Hall–Kier alpha value is -2.60. The third-order valence-electron chi connectivity index (χ3n) is 3.14. The van der Waals surface area contributed by atoms with Crippen molar-refractivity contribution in [3.8, 4) is 11.5 Å². The van der Waals surface area contributed by atoms with E-state index in [0.29, 0.717) is 13.2 Å². The van der Waals surface area contributed by atoms with Crippen molar-refractivity contribution in [1.82, 2.24) is 4.98 Å². The monoisotopic (exact) mass is 329 g/mol. The molecule has 5 nitrogen and oxygen atoms in total. The molecule has 118 valence electrons. The first-order valence-electron chi connectivity index (χ1n) is 7.16. The second-order valence-corrected chi connectivity index (χ2v) is 5.92. The number of ether oxygens (including phenoxy) is 2. The number of fused-ring (bicyclic) bond motifs is 1. The number of carboxylic acids is 1. The zero-order chi connectivity index (χ0) is 16.1. The van der Waals surface area contributed by atoms with Crippen LogP contribution in [0.2, 0.25) is 0 Å². The molecular weight excluding hydrogens is 314 g/mol. The van der Waals surface area contributed by atoms with Gasteiger partial charge in [-0.25, -0.2) is 9.78 Å². The van der Waals surface area contributed by atoms with E-state index in [-0.39, 0.29) is 0 Å². The average Bonchev–Trinajstić information content (AvgIpc) is 2.86. The lowest BCUT2D eigenvalue weighted by atomic mass is 10.1. The normalized spacial score (nSPS) is 14.3. The molecule has 1 N–H and O–H groups in total. The van der Waals surface area contributed by atoms with Crippen LogP contribution in [-0.2, 0) is 4.79 Å². The molecule has 23 heavy (non-hydrogen) atoms. The van der Waals surface area contributed by atoms with E-state index in [1.54, 1.807) is 6.20 Å². The molecule has 3 rings (SSSR count). The number of carbonyl (C=O) groups is 1. The van der Waals surface area contributed by atoms with Crippen LogP contribution >= 0.6 is 11.3 Å². The fourth-order valence-electron chi connectivity index (χ4n) is 2.12. The lowest BCUT2D eigenvalue weighted by molar-refractivity contribution is -0.131. The molecule has 0 fully saturated rings. The summed E-state index contributed by atoms with van der Waals surface area (Å²) in [5.41, 5.74) is 0.933. The van der Waals surface area contributed by atoms with E-state index in [1.165, 1.54) is 17.4 Å². The van der Waals surface area contributed by atoms with E-state index in [2.05, 4.69) is 4.98 Å². The lowest BCUT2D eigenvalue weighted by Gasteiger charge is -2.09. The summed E-state index contributed by atoms with van der Waals surface area (Å²) in [5, 5.41) is 9.42. The van der Waals surface area contributed by atoms with Crippen molar-refractivity contribution in [3.63, 3.8) is 0 Å². The number of rotatable bonds is 4. The van der Waals surface area contributed by atoms with Gasteiger partial charge >= 0.3 is 5.97 Å². The maximum atomic E-state index is 10.5. The molecule has 0 atom stereocenters. The van der Waals surface area contributed by atoms with Crippen molar-refractivity contribution in [2.45, 2.75) is 6.42 Å². The third kappa shape index (κ3) is 3.98. The van der Waals surface area contributed by atoms with E-state index in [9.17, 15) is 4.79 Å². The van der Waals surface area contributed by atoms with Crippen molar-refractivity contribution in [3.05, 3.63) is 45.9 Å². The van der Waals surface area contributed by atoms with Crippen LogP contribution in [0.3, 0.4) is 0 Å². The highest BCUT2D eigenvalue weighted by molar-refractivity contribution is 7.13. The minimum atomic E-state index is -0.973. The van der Waals surface area contributed by atoms with Gasteiger partial charge in [0.05, 0.1) is 13.2 Å². The lowest BCUT2D eigenvalue weighted by Crippen LogP contribution is -1.97. The van der Waals surface area contributed by atoms with Gasteiger partial charge < -0.3 is 14.6 Å². The largest absolute Gasteiger partial charge is 0.490 e. The van der Waals surface area contributed by atoms with E-state index in [4.69, 9.17) is 14.6 Å². The summed E-state index contributed by atoms with van der Waals surface area (Å²) < 4.78 is 11.4. The summed E-state index contributed by atoms with van der Waals surface area (Å²) in [4.78, 5) is 15.6. The second kappa shape index (κ2) is 7.11. The molecule has 0 radical (unpaired) electrons. The molecule has 0 aliphatic carbocycles. The zero-order valence-electron chi connectivity index (χ0n) is 12.3. The highest BCUT2D eigenvalue weighted by Crippen LogP contribution is 2.34. The Morgan fingerprint density at radius 1 is 1.22 bits per heavy atom. The number of aromatic nitrogens is 1. The Morgan fingerprint density at radius 3 is 2.96 bits per heavy atom. The van der Waals surface area contributed by atoms with Gasteiger partial charge in [-0.3, -0.25) is 0 Å². The molecule has 0 bridgehead atoms. The third-order valence-corrected chi connectivity index (χ3v) is 4.07. The van der Waals surface area contributed by atoms with E-state index in [1.807, 2.05) is 30.4 Å². The number of hydrogen-bond donors (Lipinski definition) is 1. The fourth-order valence-corrected chi connectivity index (χ4v) is 2.84. The summed E-state index contributed by atoms with van der Waals surface area (Å²) in [6.07, 6.45) is 8.95. The summed E-state index contributed by atoms with van der Waals surface area (Å²) in [5.74, 6) is 0.539. The Labute approximate surface area is 137 Å².